The number of aliphatic hydroxyl groups excluding tert-OH is 2. The standard InChI is InChI=1S/C29H51N5O11S2Si2/c1-42-29(41)23(21-36)33-26(39)11-19-49(4,5)45-16-15-44-48(2,3)18-10-25(38)32-22(20-35)28(40)34-43-14-13-30-24(37)9-17-46-47-27-8-6-7-12-31-27/h6-8,12,22-23,35-36H,9-11,13-21H2,1-5H3,(H,30,37)(H,32,38)(H,33,39)(H,34,40)/i36T. The normalized spacial score (nSPS) is 13.1. The molecule has 278 valence electrons. The second-order valence-electron chi connectivity index (χ2n) is 11.8. The van der Waals surface area contributed by atoms with Gasteiger partial charge in [0.2, 0.25) is 19.2 Å². The summed E-state index contributed by atoms with van der Waals surface area (Å²) < 4.78 is 23.5. The molecule has 1 aromatic rings. The lowest BCUT2D eigenvalue weighted by molar-refractivity contribution is -0.146. The van der Waals surface area contributed by atoms with E-state index in [1.54, 1.807) is 6.20 Å². The number of hydrogen-bond donors (Lipinski definition) is 6. The van der Waals surface area contributed by atoms with Gasteiger partial charge in [0.25, 0.3) is 5.91 Å². The van der Waals surface area contributed by atoms with Crippen LogP contribution < -0.4 is 21.4 Å². The van der Waals surface area contributed by atoms with E-state index in [9.17, 15) is 29.1 Å². The maximum atomic E-state index is 12.5. The lowest BCUT2D eigenvalue weighted by atomic mass is 10.3. The van der Waals surface area contributed by atoms with Crippen LogP contribution in [0.15, 0.2) is 29.4 Å². The fraction of sp³-hybridized carbons (Fsp3) is 0.655. The van der Waals surface area contributed by atoms with E-state index in [1.807, 2.05) is 44.4 Å². The van der Waals surface area contributed by atoms with Crippen LogP contribution in [0.25, 0.3) is 0 Å². The number of hydrogen-bond acceptors (Lipinski definition) is 14. The van der Waals surface area contributed by atoms with E-state index in [-0.39, 0.29) is 44.4 Å². The van der Waals surface area contributed by atoms with Gasteiger partial charge in [0.1, 0.15) is 11.1 Å². The fourth-order valence-electron chi connectivity index (χ4n) is 3.80. The molecule has 0 aliphatic heterocycles. The molecule has 0 spiro atoms. The van der Waals surface area contributed by atoms with E-state index in [4.69, 9.17) is 15.1 Å². The molecule has 1 aromatic heterocycles. The predicted molar refractivity (Wildman–Crippen MR) is 190 cm³/mol. The quantitative estimate of drug-likeness (QED) is 0.0239. The van der Waals surface area contributed by atoms with Crippen LogP contribution in [0.3, 0.4) is 0 Å². The number of methoxy groups -OCH3 is 1. The lowest BCUT2D eigenvalue weighted by Crippen LogP contribution is -2.49. The highest BCUT2D eigenvalue weighted by Gasteiger charge is 2.28. The van der Waals surface area contributed by atoms with Gasteiger partial charge in [0.15, 0.2) is 22.7 Å². The van der Waals surface area contributed by atoms with Crippen molar-refractivity contribution in [3.63, 3.8) is 0 Å². The highest BCUT2D eigenvalue weighted by atomic mass is 33.1. The third-order valence-corrected chi connectivity index (χ3v) is 13.8. The monoisotopic (exact) mass is 767 g/mol. The Morgan fingerprint density at radius 1 is 0.898 bits per heavy atom. The maximum Gasteiger partial charge on any atom is 0.330 e. The molecule has 0 aromatic carbocycles. The predicted octanol–water partition coefficient (Wildman–Crippen LogP) is 0.727. The van der Waals surface area contributed by atoms with Gasteiger partial charge < -0.3 is 39.8 Å². The van der Waals surface area contributed by atoms with Gasteiger partial charge >= 0.3 is 5.97 Å². The summed E-state index contributed by atoms with van der Waals surface area (Å²) in [7, 11) is -0.329. The minimum atomic E-state index is -2.28. The Bertz CT molecular complexity index is 1200. The maximum absolute atomic E-state index is 12.5. The van der Waals surface area contributed by atoms with Crippen molar-refractivity contribution < 1.29 is 52.6 Å². The van der Waals surface area contributed by atoms with Crippen molar-refractivity contribution in [3.05, 3.63) is 24.4 Å². The van der Waals surface area contributed by atoms with Crippen molar-refractivity contribution in [2.24, 2.45) is 0 Å². The van der Waals surface area contributed by atoms with Crippen molar-refractivity contribution >= 4 is 67.8 Å². The van der Waals surface area contributed by atoms with Crippen LogP contribution in [0.2, 0.25) is 38.3 Å². The van der Waals surface area contributed by atoms with Gasteiger partial charge in [-0.15, -0.1) is 0 Å². The van der Waals surface area contributed by atoms with Crippen LogP contribution in [0.1, 0.15) is 19.3 Å². The molecule has 0 radical (unpaired) electrons. The SMILES string of the molecule is [3H]OCC(NC(=O)CC[Si](C)(C)OCCO[Si](C)(C)CCC(=O)NC(CO)C(=O)NOCCNC(=O)CCSSc1ccccn1)C(=O)OC. The molecule has 20 heteroatoms. The van der Waals surface area contributed by atoms with E-state index in [0.717, 1.165) is 5.03 Å². The number of aliphatic hydroxyl groups is 2. The first kappa shape index (κ1) is 42.6. The summed E-state index contributed by atoms with van der Waals surface area (Å²) in [6, 6.07) is 4.30. The minimum absolute atomic E-state index is 0.00409. The molecule has 0 aliphatic rings. The Labute approximate surface area is 299 Å². The third-order valence-electron chi connectivity index (χ3n) is 6.69. The van der Waals surface area contributed by atoms with Crippen LogP contribution in [0, 0.1) is 0 Å². The summed E-state index contributed by atoms with van der Waals surface area (Å²) in [6.45, 7) is 7.65. The molecule has 1 rings (SSSR count). The van der Waals surface area contributed by atoms with Gasteiger partial charge in [-0.3, -0.25) is 24.0 Å². The number of nitrogens with one attached hydrogen (secondary N) is 4. The van der Waals surface area contributed by atoms with Crippen LogP contribution in [-0.4, -0.2) is 127 Å². The fourth-order valence-corrected chi connectivity index (χ4v) is 8.89. The van der Waals surface area contributed by atoms with Gasteiger partial charge in [0.05, 0.1) is 40.1 Å². The van der Waals surface area contributed by atoms with Crippen molar-refractivity contribution in [2.75, 3.05) is 52.4 Å². The molecule has 2 unspecified atom stereocenters. The Morgan fingerprint density at radius 3 is 2.08 bits per heavy atom. The summed E-state index contributed by atoms with van der Waals surface area (Å²) in [5.74, 6) is -1.79. The first-order valence-corrected chi connectivity index (χ1v) is 24.3. The molecular weight excluding hydrogens is 715 g/mol. The van der Waals surface area contributed by atoms with Gasteiger partial charge in [-0.05, 0) is 61.2 Å². The zero-order valence-corrected chi connectivity index (χ0v) is 32.4. The number of rotatable bonds is 27. The molecule has 2 atom stereocenters. The largest absolute Gasteiger partial charge is 0.467 e. The average Bonchev–Trinajstić information content (AvgIpc) is 3.09. The van der Waals surface area contributed by atoms with Gasteiger partial charge in [-0.25, -0.2) is 15.3 Å². The summed E-state index contributed by atoms with van der Waals surface area (Å²) in [5, 5.41) is 22.4. The average molecular weight is 768 g/mol. The second-order valence-corrected chi connectivity index (χ2v) is 22.9. The molecule has 0 fully saturated rings. The number of hydroxylamine groups is 1. The Morgan fingerprint density at radius 2 is 1.53 bits per heavy atom. The molecule has 0 saturated carbocycles. The molecule has 6 N–H and O–H groups in total. The number of esters is 1. The second kappa shape index (κ2) is 24.6. The van der Waals surface area contributed by atoms with E-state index in [2.05, 4.69) is 36.3 Å². The highest BCUT2D eigenvalue weighted by molar-refractivity contribution is 8.76. The molecule has 0 saturated heterocycles. The topological polar surface area (TPSA) is 224 Å². The van der Waals surface area contributed by atoms with Crippen LogP contribution in [0.5, 0.6) is 0 Å². The Hall–Kier alpha value is -2.57. The smallest absolute Gasteiger partial charge is 0.330 e. The number of amides is 4. The first-order valence-electron chi connectivity index (χ1n) is 16.1. The number of pyridine rings is 1. The summed E-state index contributed by atoms with van der Waals surface area (Å²) in [4.78, 5) is 70.1. The van der Waals surface area contributed by atoms with E-state index in [0.29, 0.717) is 37.5 Å². The lowest BCUT2D eigenvalue weighted by Gasteiger charge is -2.26. The molecule has 49 heavy (non-hydrogen) atoms. The van der Waals surface area contributed by atoms with Gasteiger partial charge in [-0.2, -0.15) is 0 Å². The number of aromatic nitrogens is 1. The minimum Gasteiger partial charge on any atom is -0.467 e. The summed E-state index contributed by atoms with van der Waals surface area (Å²) >= 11 is 0. The Balaban J connectivity index is 2.24. The van der Waals surface area contributed by atoms with Crippen molar-refractivity contribution in [1.82, 2.24) is 26.4 Å². The van der Waals surface area contributed by atoms with Crippen molar-refractivity contribution in [2.45, 2.75) is 74.6 Å². The zero-order chi connectivity index (χ0) is 37.4. The third kappa shape index (κ3) is 21.3. The van der Waals surface area contributed by atoms with Crippen LogP contribution in [0.4, 0.5) is 0 Å². The highest BCUT2D eigenvalue weighted by Crippen LogP contribution is 2.29. The Kier molecular flexibility index (Phi) is 21.4. The molecule has 0 bridgehead atoms. The zero-order valence-electron chi connectivity index (χ0n) is 29.7. The van der Waals surface area contributed by atoms with E-state index in [1.165, 1.54) is 28.7 Å². The van der Waals surface area contributed by atoms with Gasteiger partial charge in [0, 0.05) is 37.8 Å². The summed E-state index contributed by atoms with van der Waals surface area (Å²) in [6.07, 6.45) is 2.23. The van der Waals surface area contributed by atoms with E-state index < -0.39 is 53.1 Å². The molecule has 1 heterocycles. The first-order chi connectivity index (χ1) is 23.7. The molecular formula is C29H51N5O11S2Si2. The van der Waals surface area contributed by atoms with Crippen molar-refractivity contribution in [1.29, 1.82) is 1.43 Å². The number of nitrogens with zero attached hydrogens (tertiary/aromatic N) is 1. The molecule has 4 amide bonds. The number of carbonyl (C=O) groups excluding carboxylic acids is 5. The number of ether oxygens (including phenoxy) is 1. The van der Waals surface area contributed by atoms with Crippen molar-refractivity contribution in [3.8, 4) is 0 Å². The van der Waals surface area contributed by atoms with Crippen LogP contribution >= 0.6 is 21.6 Å². The van der Waals surface area contributed by atoms with Crippen LogP contribution in [-0.2, 0) is 42.4 Å². The molecule has 0 aliphatic carbocycles. The van der Waals surface area contributed by atoms with Gasteiger partial charge in [-0.1, -0.05) is 16.9 Å². The molecule has 16 nitrogen and oxygen atoms in total. The summed E-state index contributed by atoms with van der Waals surface area (Å²) in [5.41, 5.74) is 2.18. The number of carbonyl (C=O) groups is 5. The van der Waals surface area contributed by atoms with E-state index >= 15 is 0 Å².